The number of rotatable bonds is 6. The minimum Gasteiger partial charge on any atom is -0.395 e. The van der Waals surface area contributed by atoms with Crippen LogP contribution < -0.4 is 0 Å². The third-order valence-corrected chi connectivity index (χ3v) is 5.28. The van der Waals surface area contributed by atoms with Gasteiger partial charge in [-0.3, -0.25) is 0 Å². The Morgan fingerprint density at radius 1 is 1.22 bits per heavy atom. The first-order chi connectivity index (χ1) is 8.41. The molecule has 0 aromatic rings. The summed E-state index contributed by atoms with van der Waals surface area (Å²) >= 11 is 0. The van der Waals surface area contributed by atoms with Gasteiger partial charge in [0.05, 0.1) is 6.61 Å². The molecule has 0 aliphatic carbocycles. The molecule has 0 aromatic heterocycles. The third-order valence-electron chi connectivity index (χ3n) is 3.31. The molecule has 5 nitrogen and oxygen atoms in total. The smallest absolute Gasteiger partial charge is 0.282 e. The highest BCUT2D eigenvalue weighted by Gasteiger charge is 2.34. The standard InChI is InChI=1S/C12H26N2O3S/c1-4-5-13(6-7-15)18(16,17)14-9-11(2)8-12(3)10-14/h11-12,15H,4-10H2,1-3H3. The van der Waals surface area contributed by atoms with E-state index in [1.165, 1.54) is 4.31 Å². The molecule has 1 saturated heterocycles. The van der Waals surface area contributed by atoms with E-state index >= 15 is 0 Å². The maximum atomic E-state index is 12.5. The Hall–Kier alpha value is -0.170. The van der Waals surface area contributed by atoms with Gasteiger partial charge in [0.25, 0.3) is 10.2 Å². The average molecular weight is 278 g/mol. The molecule has 2 unspecified atom stereocenters. The van der Waals surface area contributed by atoms with E-state index in [0.29, 0.717) is 31.5 Å². The first-order valence-electron chi connectivity index (χ1n) is 6.77. The van der Waals surface area contributed by atoms with E-state index in [9.17, 15) is 8.42 Å². The molecule has 1 rings (SSSR count). The lowest BCUT2D eigenvalue weighted by molar-refractivity contribution is 0.198. The molecule has 0 bridgehead atoms. The van der Waals surface area contributed by atoms with Crippen LogP contribution in [-0.4, -0.2) is 54.9 Å². The topological polar surface area (TPSA) is 60.9 Å². The van der Waals surface area contributed by atoms with Crippen LogP contribution in [0, 0.1) is 11.8 Å². The van der Waals surface area contributed by atoms with Gasteiger partial charge in [-0.15, -0.1) is 0 Å². The SMILES string of the molecule is CCCN(CCO)S(=O)(=O)N1CC(C)CC(C)C1. The summed E-state index contributed by atoms with van der Waals surface area (Å²) in [6.07, 6.45) is 1.85. The molecule has 0 aromatic carbocycles. The highest BCUT2D eigenvalue weighted by atomic mass is 32.2. The monoisotopic (exact) mass is 278 g/mol. The quantitative estimate of drug-likeness (QED) is 0.786. The van der Waals surface area contributed by atoms with Crippen molar-refractivity contribution in [3.05, 3.63) is 0 Å². The lowest BCUT2D eigenvalue weighted by Crippen LogP contribution is -2.50. The van der Waals surface area contributed by atoms with Crippen molar-refractivity contribution < 1.29 is 13.5 Å². The summed E-state index contributed by atoms with van der Waals surface area (Å²) in [6, 6.07) is 0. The third kappa shape index (κ3) is 3.91. The number of hydrogen-bond acceptors (Lipinski definition) is 3. The molecule has 108 valence electrons. The summed E-state index contributed by atoms with van der Waals surface area (Å²) < 4.78 is 28.0. The lowest BCUT2D eigenvalue weighted by atomic mass is 9.94. The van der Waals surface area contributed by atoms with Crippen molar-refractivity contribution in [2.75, 3.05) is 32.8 Å². The van der Waals surface area contributed by atoms with Crippen LogP contribution in [0.4, 0.5) is 0 Å². The van der Waals surface area contributed by atoms with Crippen LogP contribution in [-0.2, 0) is 10.2 Å². The van der Waals surface area contributed by atoms with Crippen LogP contribution in [0.1, 0.15) is 33.6 Å². The van der Waals surface area contributed by atoms with Crippen molar-refractivity contribution in [1.29, 1.82) is 0 Å². The number of piperidine rings is 1. The van der Waals surface area contributed by atoms with Crippen LogP contribution in [0.3, 0.4) is 0 Å². The minimum absolute atomic E-state index is 0.127. The van der Waals surface area contributed by atoms with Gasteiger partial charge in [0.15, 0.2) is 0 Å². The normalized spacial score (nSPS) is 26.7. The predicted octanol–water partition coefficient (Wildman–Crippen LogP) is 0.913. The molecule has 1 heterocycles. The first-order valence-corrected chi connectivity index (χ1v) is 8.17. The van der Waals surface area contributed by atoms with Crippen LogP contribution in [0.15, 0.2) is 0 Å². The van der Waals surface area contributed by atoms with E-state index in [0.717, 1.165) is 12.8 Å². The zero-order chi connectivity index (χ0) is 13.8. The van der Waals surface area contributed by atoms with Gasteiger partial charge >= 0.3 is 0 Å². The highest BCUT2D eigenvalue weighted by molar-refractivity contribution is 7.86. The van der Waals surface area contributed by atoms with Gasteiger partial charge in [-0.05, 0) is 24.7 Å². The molecular formula is C12H26N2O3S. The van der Waals surface area contributed by atoms with E-state index in [1.807, 2.05) is 6.92 Å². The molecule has 0 saturated carbocycles. The van der Waals surface area contributed by atoms with Crippen LogP contribution >= 0.6 is 0 Å². The molecule has 0 amide bonds. The zero-order valence-corrected chi connectivity index (χ0v) is 12.5. The molecular weight excluding hydrogens is 252 g/mol. The van der Waals surface area contributed by atoms with Crippen LogP contribution in [0.25, 0.3) is 0 Å². The molecule has 1 aliphatic heterocycles. The molecule has 0 spiro atoms. The van der Waals surface area contributed by atoms with Crippen molar-refractivity contribution >= 4 is 10.2 Å². The second kappa shape index (κ2) is 6.84. The van der Waals surface area contributed by atoms with E-state index in [-0.39, 0.29) is 13.2 Å². The summed E-state index contributed by atoms with van der Waals surface area (Å²) in [5, 5.41) is 9.00. The van der Waals surface area contributed by atoms with Crippen LogP contribution in [0.5, 0.6) is 0 Å². The van der Waals surface area contributed by atoms with Crippen molar-refractivity contribution in [1.82, 2.24) is 8.61 Å². The molecule has 1 N–H and O–H groups in total. The number of aliphatic hydroxyl groups excluding tert-OH is 1. The van der Waals surface area contributed by atoms with E-state index < -0.39 is 10.2 Å². The van der Waals surface area contributed by atoms with Crippen molar-refractivity contribution in [3.8, 4) is 0 Å². The van der Waals surface area contributed by atoms with Crippen molar-refractivity contribution in [2.24, 2.45) is 11.8 Å². The van der Waals surface area contributed by atoms with E-state index in [4.69, 9.17) is 5.11 Å². The Labute approximate surface area is 111 Å². The number of nitrogens with zero attached hydrogens (tertiary/aromatic N) is 2. The number of aliphatic hydroxyl groups is 1. The fourth-order valence-corrected chi connectivity index (χ4v) is 4.60. The molecule has 2 atom stereocenters. The van der Waals surface area contributed by atoms with Crippen LogP contribution in [0.2, 0.25) is 0 Å². The number of hydrogen-bond donors (Lipinski definition) is 1. The molecule has 6 heteroatoms. The summed E-state index contributed by atoms with van der Waals surface area (Å²) in [5.74, 6) is 0.808. The fourth-order valence-electron chi connectivity index (χ4n) is 2.66. The second-order valence-corrected chi connectivity index (χ2v) is 7.32. The fraction of sp³-hybridized carbons (Fsp3) is 1.00. The summed E-state index contributed by atoms with van der Waals surface area (Å²) in [7, 11) is -3.41. The van der Waals surface area contributed by atoms with E-state index in [2.05, 4.69) is 13.8 Å². The lowest BCUT2D eigenvalue weighted by Gasteiger charge is -2.37. The molecule has 1 fully saturated rings. The van der Waals surface area contributed by atoms with Gasteiger partial charge in [-0.2, -0.15) is 17.0 Å². The maximum Gasteiger partial charge on any atom is 0.282 e. The largest absolute Gasteiger partial charge is 0.395 e. The summed E-state index contributed by atoms with van der Waals surface area (Å²) in [4.78, 5) is 0. The Kier molecular flexibility index (Phi) is 6.04. The van der Waals surface area contributed by atoms with Gasteiger partial charge in [0.2, 0.25) is 0 Å². The predicted molar refractivity (Wildman–Crippen MR) is 72.4 cm³/mol. The van der Waals surface area contributed by atoms with Gasteiger partial charge in [0, 0.05) is 26.2 Å². The second-order valence-electron chi connectivity index (χ2n) is 5.39. The first kappa shape index (κ1) is 15.9. The van der Waals surface area contributed by atoms with Gasteiger partial charge in [-0.25, -0.2) is 0 Å². The molecule has 0 radical (unpaired) electrons. The van der Waals surface area contributed by atoms with Crippen molar-refractivity contribution in [3.63, 3.8) is 0 Å². The highest BCUT2D eigenvalue weighted by Crippen LogP contribution is 2.24. The Morgan fingerprint density at radius 3 is 2.22 bits per heavy atom. The van der Waals surface area contributed by atoms with E-state index in [1.54, 1.807) is 4.31 Å². The Bertz CT molecular complexity index is 329. The maximum absolute atomic E-state index is 12.5. The average Bonchev–Trinajstić information content (AvgIpc) is 2.27. The van der Waals surface area contributed by atoms with Gasteiger partial charge < -0.3 is 5.11 Å². The zero-order valence-electron chi connectivity index (χ0n) is 11.7. The van der Waals surface area contributed by atoms with Gasteiger partial charge in [-0.1, -0.05) is 20.8 Å². The van der Waals surface area contributed by atoms with Gasteiger partial charge in [0.1, 0.15) is 0 Å². The summed E-state index contributed by atoms with van der Waals surface area (Å²) in [5.41, 5.74) is 0. The Balaban J connectivity index is 2.82. The summed E-state index contributed by atoms with van der Waals surface area (Å²) in [6.45, 7) is 7.86. The van der Waals surface area contributed by atoms with Crippen molar-refractivity contribution in [2.45, 2.75) is 33.6 Å². The minimum atomic E-state index is -3.41. The Morgan fingerprint density at radius 2 is 1.78 bits per heavy atom. The molecule has 1 aliphatic rings. The molecule has 18 heavy (non-hydrogen) atoms.